The predicted octanol–water partition coefficient (Wildman–Crippen LogP) is 5.27. The van der Waals surface area contributed by atoms with Crippen molar-refractivity contribution < 1.29 is 19.1 Å². The number of hydrogen-bond donors (Lipinski definition) is 2. The lowest BCUT2D eigenvalue weighted by Gasteiger charge is -2.13. The molecule has 184 valence electrons. The Kier molecular flexibility index (Phi) is 8.04. The van der Waals surface area contributed by atoms with Gasteiger partial charge in [0.15, 0.2) is 0 Å². The van der Waals surface area contributed by atoms with Crippen molar-refractivity contribution >= 4 is 52.2 Å². The van der Waals surface area contributed by atoms with Crippen LogP contribution in [0.3, 0.4) is 0 Å². The Balaban J connectivity index is 1.40. The molecule has 4 amide bonds. The van der Waals surface area contributed by atoms with Gasteiger partial charge >= 0.3 is 6.03 Å². The first-order valence-electron chi connectivity index (χ1n) is 11.5. The van der Waals surface area contributed by atoms with Gasteiger partial charge in [0.2, 0.25) is 5.91 Å². The lowest BCUT2D eigenvalue weighted by Crippen LogP contribution is -2.38. The van der Waals surface area contributed by atoms with Crippen molar-refractivity contribution in [3.63, 3.8) is 0 Å². The normalized spacial score (nSPS) is 14.2. The van der Waals surface area contributed by atoms with E-state index in [1.165, 1.54) is 5.56 Å². The Morgan fingerprint density at radius 1 is 1.08 bits per heavy atom. The number of nitrogens with one attached hydrogen (secondary N) is 2. The van der Waals surface area contributed by atoms with Crippen LogP contribution in [-0.4, -0.2) is 29.3 Å². The van der Waals surface area contributed by atoms with Gasteiger partial charge in [-0.1, -0.05) is 61.0 Å². The van der Waals surface area contributed by atoms with Gasteiger partial charge in [0.05, 0.1) is 3.57 Å². The second-order valence-electron chi connectivity index (χ2n) is 8.41. The number of carbonyl (C=O) groups excluding carboxylic acids is 3. The summed E-state index contributed by atoms with van der Waals surface area (Å²) in [6, 6.07) is 20.5. The average Bonchev–Trinajstić information content (AvgIpc) is 3.11. The van der Waals surface area contributed by atoms with Crippen LogP contribution in [0.1, 0.15) is 29.2 Å². The van der Waals surface area contributed by atoms with Gasteiger partial charge in [-0.15, -0.1) is 0 Å². The van der Waals surface area contributed by atoms with E-state index in [4.69, 9.17) is 4.74 Å². The quantitative estimate of drug-likeness (QED) is 0.211. The number of hydrogen-bond acceptors (Lipinski definition) is 4. The number of anilines is 1. The van der Waals surface area contributed by atoms with E-state index in [0.717, 1.165) is 37.3 Å². The Hall–Kier alpha value is -3.66. The van der Waals surface area contributed by atoms with Crippen LogP contribution >= 0.6 is 22.6 Å². The maximum atomic E-state index is 12.8. The summed E-state index contributed by atoms with van der Waals surface area (Å²) in [7, 11) is 0. The molecular weight excluding hydrogens is 569 g/mol. The number of halogens is 1. The molecule has 0 unspecified atom stereocenters. The van der Waals surface area contributed by atoms with E-state index in [-0.39, 0.29) is 12.2 Å². The van der Waals surface area contributed by atoms with Crippen LogP contribution in [0.25, 0.3) is 6.08 Å². The van der Waals surface area contributed by atoms with E-state index in [2.05, 4.69) is 39.3 Å². The molecule has 3 aromatic carbocycles. The molecule has 36 heavy (non-hydrogen) atoms. The second kappa shape index (κ2) is 11.4. The molecule has 1 fully saturated rings. The molecule has 2 N–H and O–H groups in total. The maximum absolute atomic E-state index is 12.8. The highest BCUT2D eigenvalue weighted by Crippen LogP contribution is 2.25. The van der Waals surface area contributed by atoms with Gasteiger partial charge in [0, 0.05) is 5.69 Å². The number of para-hydroxylation sites is 1. The van der Waals surface area contributed by atoms with Gasteiger partial charge < -0.3 is 15.4 Å². The standard InChI is InChI=1S/C28H26IN3O4/c1-3-21-9-4-5-10-23(21)30-26(33)16-32-27(34)24(31-28(32)35)15-19-11-12-25(22(29)14-19)36-17-20-8-6-7-18(2)13-20/h4-15H,3,16-17H2,1-2H3,(H,30,33)(H,31,35)/b24-15+. The summed E-state index contributed by atoms with van der Waals surface area (Å²) < 4.78 is 6.82. The number of nitrogens with zero attached hydrogens (tertiary/aromatic N) is 1. The lowest BCUT2D eigenvalue weighted by atomic mass is 10.1. The zero-order valence-corrected chi connectivity index (χ0v) is 22.2. The first-order valence-corrected chi connectivity index (χ1v) is 12.6. The summed E-state index contributed by atoms with van der Waals surface area (Å²) in [6.07, 6.45) is 2.35. The predicted molar refractivity (Wildman–Crippen MR) is 147 cm³/mol. The second-order valence-corrected chi connectivity index (χ2v) is 9.57. The zero-order valence-electron chi connectivity index (χ0n) is 20.0. The van der Waals surface area contributed by atoms with Gasteiger partial charge in [0.1, 0.15) is 24.6 Å². The summed E-state index contributed by atoms with van der Waals surface area (Å²) in [4.78, 5) is 38.7. The van der Waals surface area contributed by atoms with E-state index in [9.17, 15) is 14.4 Å². The molecule has 0 aromatic heterocycles. The summed E-state index contributed by atoms with van der Waals surface area (Å²) >= 11 is 2.18. The van der Waals surface area contributed by atoms with Crippen molar-refractivity contribution in [3.8, 4) is 5.75 Å². The molecule has 0 bridgehead atoms. The molecule has 7 nitrogen and oxygen atoms in total. The number of benzene rings is 3. The highest BCUT2D eigenvalue weighted by Gasteiger charge is 2.35. The van der Waals surface area contributed by atoms with Gasteiger partial charge in [-0.3, -0.25) is 9.59 Å². The lowest BCUT2D eigenvalue weighted by molar-refractivity contribution is -0.127. The van der Waals surface area contributed by atoms with E-state index in [1.54, 1.807) is 12.1 Å². The Bertz CT molecular complexity index is 1350. The van der Waals surface area contributed by atoms with Crippen LogP contribution in [0, 0.1) is 10.5 Å². The molecule has 0 atom stereocenters. The minimum atomic E-state index is -0.627. The molecule has 0 radical (unpaired) electrons. The van der Waals surface area contributed by atoms with Crippen LogP contribution in [0.5, 0.6) is 5.75 Å². The number of ether oxygens (including phenoxy) is 1. The van der Waals surface area contributed by atoms with Crippen molar-refractivity contribution in [2.45, 2.75) is 26.9 Å². The highest BCUT2D eigenvalue weighted by molar-refractivity contribution is 14.1. The fourth-order valence-electron chi connectivity index (χ4n) is 3.85. The van der Waals surface area contributed by atoms with Crippen LogP contribution in [0.2, 0.25) is 0 Å². The number of urea groups is 1. The van der Waals surface area contributed by atoms with Crippen molar-refractivity contribution in [1.29, 1.82) is 0 Å². The highest BCUT2D eigenvalue weighted by atomic mass is 127. The monoisotopic (exact) mass is 595 g/mol. The van der Waals surface area contributed by atoms with E-state index in [1.807, 2.05) is 68.4 Å². The Labute approximate surface area is 223 Å². The molecule has 4 rings (SSSR count). The molecule has 8 heteroatoms. The fraction of sp³-hybridized carbons (Fsp3) is 0.179. The van der Waals surface area contributed by atoms with Crippen LogP contribution < -0.4 is 15.4 Å². The van der Waals surface area contributed by atoms with Crippen LogP contribution in [0.4, 0.5) is 10.5 Å². The van der Waals surface area contributed by atoms with Crippen molar-refractivity contribution in [2.75, 3.05) is 11.9 Å². The van der Waals surface area contributed by atoms with Crippen LogP contribution in [-0.2, 0) is 22.6 Å². The zero-order chi connectivity index (χ0) is 25.7. The van der Waals surface area contributed by atoms with Crippen molar-refractivity contribution in [1.82, 2.24) is 10.2 Å². The Morgan fingerprint density at radius 3 is 2.64 bits per heavy atom. The molecule has 1 saturated heterocycles. The number of aryl methyl sites for hydroxylation is 2. The number of rotatable bonds is 8. The van der Waals surface area contributed by atoms with Crippen molar-refractivity contribution in [3.05, 3.63) is 98.3 Å². The topological polar surface area (TPSA) is 87.7 Å². The molecule has 0 saturated carbocycles. The molecule has 1 aliphatic rings. The fourth-order valence-corrected chi connectivity index (χ4v) is 4.55. The largest absolute Gasteiger partial charge is 0.488 e. The molecule has 1 aliphatic heterocycles. The summed E-state index contributed by atoms with van der Waals surface area (Å²) in [5.74, 6) is -0.259. The number of carbonyl (C=O) groups is 3. The first-order chi connectivity index (χ1) is 17.3. The van der Waals surface area contributed by atoms with Crippen LogP contribution in [0.15, 0.2) is 72.4 Å². The number of amides is 4. The van der Waals surface area contributed by atoms with Crippen molar-refractivity contribution in [2.24, 2.45) is 0 Å². The summed E-state index contributed by atoms with van der Waals surface area (Å²) in [6.45, 7) is 4.11. The first kappa shape index (κ1) is 25.4. The third kappa shape index (κ3) is 6.12. The van der Waals surface area contributed by atoms with Gasteiger partial charge in [-0.2, -0.15) is 0 Å². The van der Waals surface area contributed by atoms with E-state index < -0.39 is 17.8 Å². The number of imide groups is 1. The maximum Gasteiger partial charge on any atom is 0.329 e. The SMILES string of the molecule is CCc1ccccc1NC(=O)CN1C(=O)N/C(=C/c2ccc(OCc3cccc(C)c3)c(I)c2)C1=O. The third-order valence-corrected chi connectivity index (χ3v) is 6.52. The summed E-state index contributed by atoms with van der Waals surface area (Å²) in [5, 5.41) is 5.35. The van der Waals surface area contributed by atoms with Gasteiger partial charge in [-0.25, -0.2) is 9.69 Å². The molecule has 1 heterocycles. The smallest absolute Gasteiger partial charge is 0.329 e. The van der Waals surface area contributed by atoms with E-state index >= 15 is 0 Å². The summed E-state index contributed by atoms with van der Waals surface area (Å²) in [5.41, 5.74) is 4.75. The minimum absolute atomic E-state index is 0.117. The minimum Gasteiger partial charge on any atom is -0.488 e. The van der Waals surface area contributed by atoms with Gasteiger partial charge in [-0.05, 0) is 76.9 Å². The third-order valence-electron chi connectivity index (χ3n) is 5.68. The molecule has 0 spiro atoms. The molecular formula is C28H26IN3O4. The van der Waals surface area contributed by atoms with Gasteiger partial charge in [0.25, 0.3) is 5.91 Å². The average molecular weight is 595 g/mol. The molecule has 0 aliphatic carbocycles. The van der Waals surface area contributed by atoms with E-state index in [0.29, 0.717) is 12.3 Å². The Morgan fingerprint density at radius 2 is 1.89 bits per heavy atom. The molecule has 3 aromatic rings.